The van der Waals surface area contributed by atoms with Crippen LogP contribution in [0.5, 0.6) is 0 Å². The number of halogens is 1. The molecular weight excluding hydrogens is 295 g/mol. The molecule has 0 atom stereocenters. The summed E-state index contributed by atoms with van der Waals surface area (Å²) >= 11 is 0. The maximum Gasteiger partial charge on any atom is 0.227 e. The first-order valence-electron chi connectivity index (χ1n) is 7.67. The number of aromatic nitrogens is 4. The van der Waals surface area contributed by atoms with Crippen LogP contribution in [0.1, 0.15) is 12.8 Å². The van der Waals surface area contributed by atoms with E-state index >= 15 is 0 Å². The summed E-state index contributed by atoms with van der Waals surface area (Å²) in [7, 11) is 0. The maximum absolute atomic E-state index is 12.5. The first-order valence-corrected chi connectivity index (χ1v) is 7.67. The molecule has 0 unspecified atom stereocenters. The quantitative estimate of drug-likeness (QED) is 0.674. The number of rotatable bonds is 5. The van der Waals surface area contributed by atoms with Crippen LogP contribution in [-0.2, 0) is 0 Å². The van der Waals surface area contributed by atoms with Gasteiger partial charge in [0.2, 0.25) is 5.95 Å². The van der Waals surface area contributed by atoms with Crippen molar-refractivity contribution in [3.05, 3.63) is 36.7 Å². The molecule has 2 aromatic heterocycles. The highest BCUT2D eigenvalue weighted by Gasteiger charge is 2.29. The fraction of sp³-hybridized carbons (Fsp3) is 0.312. The number of nitrogens with zero attached hydrogens (tertiary/aromatic N) is 3. The Kier molecular flexibility index (Phi) is 3.53. The molecule has 118 valence electrons. The smallest absolute Gasteiger partial charge is 0.227 e. The molecule has 2 heterocycles. The predicted octanol–water partition coefficient (Wildman–Crippen LogP) is 3.26. The van der Waals surface area contributed by atoms with Gasteiger partial charge in [0.15, 0.2) is 11.5 Å². The number of imidazole rings is 1. The number of nitrogens with one attached hydrogen (secondary N) is 3. The van der Waals surface area contributed by atoms with Gasteiger partial charge in [-0.25, -0.2) is 4.98 Å². The van der Waals surface area contributed by atoms with Crippen molar-refractivity contribution in [3.63, 3.8) is 0 Å². The number of anilines is 3. The van der Waals surface area contributed by atoms with E-state index in [2.05, 4.69) is 30.6 Å². The van der Waals surface area contributed by atoms with E-state index in [1.807, 2.05) is 30.3 Å². The minimum absolute atomic E-state index is 0.170. The Balaban J connectivity index is 1.60. The van der Waals surface area contributed by atoms with Gasteiger partial charge in [0.1, 0.15) is 5.52 Å². The van der Waals surface area contributed by atoms with Crippen LogP contribution in [0.4, 0.5) is 21.8 Å². The van der Waals surface area contributed by atoms with Crippen LogP contribution in [0.3, 0.4) is 0 Å². The number of H-pyrrole nitrogens is 1. The molecule has 1 aliphatic rings. The molecule has 0 spiro atoms. The van der Waals surface area contributed by atoms with Crippen molar-refractivity contribution in [3.8, 4) is 0 Å². The molecule has 3 N–H and O–H groups in total. The minimum atomic E-state index is -0.252. The van der Waals surface area contributed by atoms with Gasteiger partial charge in [-0.15, -0.1) is 0 Å². The van der Waals surface area contributed by atoms with Crippen molar-refractivity contribution >= 4 is 28.6 Å². The van der Waals surface area contributed by atoms with E-state index in [1.165, 1.54) is 0 Å². The lowest BCUT2D eigenvalue weighted by molar-refractivity contribution is 0.221. The van der Waals surface area contributed by atoms with E-state index < -0.39 is 0 Å². The molecule has 0 radical (unpaired) electrons. The molecule has 0 amide bonds. The first kappa shape index (κ1) is 13.9. The SMILES string of the molecule is FCC1CC(Nc2nc(Nc3ccccc3)c3[nH]cnc3n2)C1. The topological polar surface area (TPSA) is 78.5 Å². The number of hydrogen-bond acceptors (Lipinski definition) is 5. The standard InChI is InChI=1S/C16H17FN6/c17-8-10-6-12(7-10)21-16-22-14-13(18-9-19-14)15(23-16)20-11-4-2-1-3-5-11/h1-5,9-10,12H,6-8H2,(H3,18,19,20,21,22,23). The summed E-state index contributed by atoms with van der Waals surface area (Å²) < 4.78 is 12.5. The maximum atomic E-state index is 12.5. The summed E-state index contributed by atoms with van der Waals surface area (Å²) in [5.74, 6) is 1.36. The summed E-state index contributed by atoms with van der Waals surface area (Å²) in [5, 5.41) is 6.55. The van der Waals surface area contributed by atoms with Crippen molar-refractivity contribution in [2.24, 2.45) is 5.92 Å². The van der Waals surface area contributed by atoms with Gasteiger partial charge in [-0.2, -0.15) is 9.97 Å². The summed E-state index contributed by atoms with van der Waals surface area (Å²) in [5.41, 5.74) is 2.30. The zero-order valence-electron chi connectivity index (χ0n) is 12.5. The third-order valence-electron chi connectivity index (χ3n) is 4.11. The first-order chi connectivity index (χ1) is 11.3. The van der Waals surface area contributed by atoms with Gasteiger partial charge in [0.25, 0.3) is 0 Å². The monoisotopic (exact) mass is 312 g/mol. The number of alkyl halides is 1. The van der Waals surface area contributed by atoms with Crippen LogP contribution in [-0.4, -0.2) is 32.7 Å². The number of aromatic amines is 1. The molecule has 4 rings (SSSR count). The summed E-state index contributed by atoms with van der Waals surface area (Å²) in [4.78, 5) is 16.2. The highest BCUT2D eigenvalue weighted by molar-refractivity contribution is 5.86. The molecule has 1 saturated carbocycles. The Morgan fingerprint density at radius 3 is 2.78 bits per heavy atom. The van der Waals surface area contributed by atoms with Crippen LogP contribution in [0.15, 0.2) is 36.7 Å². The van der Waals surface area contributed by atoms with Gasteiger partial charge in [-0.05, 0) is 30.9 Å². The molecular formula is C16H17FN6. The molecule has 3 aromatic rings. The fourth-order valence-corrected chi connectivity index (χ4v) is 2.81. The highest BCUT2D eigenvalue weighted by atomic mass is 19.1. The third-order valence-corrected chi connectivity index (χ3v) is 4.11. The van der Waals surface area contributed by atoms with Gasteiger partial charge >= 0.3 is 0 Å². The van der Waals surface area contributed by atoms with Gasteiger partial charge in [-0.1, -0.05) is 18.2 Å². The second-order valence-corrected chi connectivity index (χ2v) is 5.82. The Bertz CT molecular complexity index is 797. The molecule has 1 fully saturated rings. The number of hydrogen-bond donors (Lipinski definition) is 3. The molecule has 1 aromatic carbocycles. The minimum Gasteiger partial charge on any atom is -0.351 e. The van der Waals surface area contributed by atoms with Gasteiger partial charge in [-0.3, -0.25) is 4.39 Å². The second-order valence-electron chi connectivity index (χ2n) is 5.82. The van der Waals surface area contributed by atoms with Crippen LogP contribution < -0.4 is 10.6 Å². The Labute approximate surface area is 132 Å². The zero-order chi connectivity index (χ0) is 15.6. The van der Waals surface area contributed by atoms with Crippen molar-refractivity contribution in [1.82, 2.24) is 19.9 Å². The van der Waals surface area contributed by atoms with E-state index in [4.69, 9.17) is 0 Å². The van der Waals surface area contributed by atoms with Crippen molar-refractivity contribution in [2.75, 3.05) is 17.3 Å². The van der Waals surface area contributed by atoms with E-state index in [0.29, 0.717) is 17.4 Å². The van der Waals surface area contributed by atoms with Crippen molar-refractivity contribution in [1.29, 1.82) is 0 Å². The average molecular weight is 312 g/mol. The summed E-state index contributed by atoms with van der Waals surface area (Å²) in [6.07, 6.45) is 3.24. The summed E-state index contributed by atoms with van der Waals surface area (Å²) in [6.45, 7) is -0.252. The predicted molar refractivity (Wildman–Crippen MR) is 87.5 cm³/mol. The van der Waals surface area contributed by atoms with E-state index in [0.717, 1.165) is 24.0 Å². The average Bonchev–Trinajstić information content (AvgIpc) is 3.00. The summed E-state index contributed by atoms with van der Waals surface area (Å²) in [6, 6.07) is 10.0. The van der Waals surface area contributed by atoms with E-state index in [1.54, 1.807) is 6.33 Å². The lowest BCUT2D eigenvalue weighted by atomic mass is 9.81. The van der Waals surface area contributed by atoms with Crippen LogP contribution >= 0.6 is 0 Å². The Hall–Kier alpha value is -2.70. The third kappa shape index (κ3) is 2.81. The van der Waals surface area contributed by atoms with E-state index in [-0.39, 0.29) is 18.6 Å². The van der Waals surface area contributed by atoms with Gasteiger partial charge < -0.3 is 15.6 Å². The molecule has 7 heteroatoms. The molecule has 1 aliphatic carbocycles. The van der Waals surface area contributed by atoms with Crippen molar-refractivity contribution < 1.29 is 4.39 Å². The Morgan fingerprint density at radius 1 is 1.17 bits per heavy atom. The normalized spacial score (nSPS) is 20.2. The molecule has 6 nitrogen and oxygen atoms in total. The van der Waals surface area contributed by atoms with E-state index in [9.17, 15) is 4.39 Å². The number of benzene rings is 1. The second kappa shape index (κ2) is 5.83. The number of para-hydroxylation sites is 1. The largest absolute Gasteiger partial charge is 0.351 e. The van der Waals surface area contributed by atoms with Crippen LogP contribution in [0.25, 0.3) is 11.2 Å². The molecule has 0 aliphatic heterocycles. The van der Waals surface area contributed by atoms with Gasteiger partial charge in [0.05, 0.1) is 13.0 Å². The Morgan fingerprint density at radius 2 is 2.00 bits per heavy atom. The molecule has 0 bridgehead atoms. The number of fused-ring (bicyclic) bond motifs is 1. The zero-order valence-corrected chi connectivity index (χ0v) is 12.5. The molecule has 23 heavy (non-hydrogen) atoms. The highest BCUT2D eigenvalue weighted by Crippen LogP contribution is 2.30. The lowest BCUT2D eigenvalue weighted by Gasteiger charge is -2.33. The van der Waals surface area contributed by atoms with Crippen molar-refractivity contribution in [2.45, 2.75) is 18.9 Å². The lowest BCUT2D eigenvalue weighted by Crippen LogP contribution is -2.37. The van der Waals surface area contributed by atoms with Crippen LogP contribution in [0.2, 0.25) is 0 Å². The van der Waals surface area contributed by atoms with Crippen LogP contribution in [0, 0.1) is 5.92 Å². The van der Waals surface area contributed by atoms with Gasteiger partial charge in [0, 0.05) is 11.7 Å². The fourth-order valence-electron chi connectivity index (χ4n) is 2.81. The molecule has 0 saturated heterocycles.